The molecule has 0 heterocycles. The van der Waals surface area contributed by atoms with Crippen molar-refractivity contribution in [3.63, 3.8) is 0 Å². The van der Waals surface area contributed by atoms with Crippen LogP contribution in [0.4, 0.5) is 0 Å². The van der Waals surface area contributed by atoms with Crippen LogP contribution in [0.3, 0.4) is 0 Å². The smallest absolute Gasteiger partial charge is 0.0473 e. The van der Waals surface area contributed by atoms with E-state index in [0.717, 1.165) is 13.0 Å². The van der Waals surface area contributed by atoms with Crippen LogP contribution in [0, 0.1) is 0 Å². The third-order valence-corrected chi connectivity index (χ3v) is 5.69. The van der Waals surface area contributed by atoms with Gasteiger partial charge in [-0.2, -0.15) is 0 Å². The second-order valence-corrected chi connectivity index (χ2v) is 6.75. The van der Waals surface area contributed by atoms with E-state index in [1.165, 1.54) is 25.7 Å². The molecule has 2 nitrogen and oxygen atoms in total. The van der Waals surface area contributed by atoms with Crippen LogP contribution in [0.5, 0.6) is 0 Å². The van der Waals surface area contributed by atoms with E-state index in [4.69, 9.17) is 0 Å². The minimum Gasteiger partial charge on any atom is -0.313 e. The second-order valence-electron chi connectivity index (χ2n) is 4.68. The highest BCUT2D eigenvalue weighted by Crippen LogP contribution is 2.25. The van der Waals surface area contributed by atoms with Crippen LogP contribution in [-0.4, -0.2) is 27.3 Å². The Hall–Kier alpha value is 0.110. The maximum Gasteiger partial charge on any atom is 0.0473 e. The highest BCUT2D eigenvalue weighted by molar-refractivity contribution is 7.86. The Balaban J connectivity index is 2.36. The van der Waals surface area contributed by atoms with E-state index in [2.05, 4.69) is 26.1 Å². The molecule has 0 aromatic heterocycles. The van der Waals surface area contributed by atoms with Gasteiger partial charge in [-0.25, -0.2) is 0 Å². The number of hydrogen-bond acceptors (Lipinski definition) is 2. The predicted octanol–water partition coefficient (Wildman–Crippen LogP) is 2.45. The summed E-state index contributed by atoms with van der Waals surface area (Å²) < 4.78 is 12.2. The molecule has 1 fully saturated rings. The van der Waals surface area contributed by atoms with Crippen molar-refractivity contribution in [3.8, 4) is 0 Å². The molecule has 0 radical (unpaired) electrons. The Morgan fingerprint density at radius 1 is 1.33 bits per heavy atom. The molecule has 0 aromatic rings. The maximum absolute atomic E-state index is 12.2. The van der Waals surface area contributed by atoms with Gasteiger partial charge in [0.2, 0.25) is 0 Å². The van der Waals surface area contributed by atoms with E-state index < -0.39 is 10.8 Å². The van der Waals surface area contributed by atoms with Crippen molar-refractivity contribution in [1.82, 2.24) is 5.32 Å². The van der Waals surface area contributed by atoms with E-state index in [1.807, 2.05) is 0 Å². The van der Waals surface area contributed by atoms with Crippen LogP contribution in [-0.2, 0) is 10.8 Å². The van der Waals surface area contributed by atoms with Crippen LogP contribution in [0.2, 0.25) is 0 Å². The van der Waals surface area contributed by atoms with Crippen molar-refractivity contribution in [2.75, 3.05) is 6.54 Å². The molecule has 0 bridgehead atoms. The van der Waals surface area contributed by atoms with Crippen molar-refractivity contribution < 1.29 is 4.21 Å². The summed E-state index contributed by atoms with van der Waals surface area (Å²) in [6.07, 6.45) is 6.06. The van der Waals surface area contributed by atoms with E-state index in [-0.39, 0.29) is 0 Å². The average Bonchev–Trinajstić information content (AvgIpc) is 2.77. The lowest BCUT2D eigenvalue weighted by atomic mass is 10.2. The number of nitrogens with one attached hydrogen (secondary N) is 1. The summed E-state index contributed by atoms with van der Waals surface area (Å²) in [5, 5.41) is 4.21. The second kappa shape index (κ2) is 6.64. The van der Waals surface area contributed by atoms with E-state index in [9.17, 15) is 4.21 Å². The molecule has 3 atom stereocenters. The van der Waals surface area contributed by atoms with Crippen molar-refractivity contribution in [2.24, 2.45) is 0 Å². The van der Waals surface area contributed by atoms with Crippen molar-refractivity contribution in [2.45, 2.75) is 69.4 Å². The van der Waals surface area contributed by atoms with Crippen molar-refractivity contribution in [1.29, 1.82) is 0 Å². The highest BCUT2D eigenvalue weighted by Gasteiger charge is 2.27. The third kappa shape index (κ3) is 3.87. The summed E-state index contributed by atoms with van der Waals surface area (Å²) in [6.45, 7) is 7.49. The molecule has 0 aliphatic heterocycles. The van der Waals surface area contributed by atoms with Gasteiger partial charge in [-0.3, -0.25) is 4.21 Å². The van der Waals surface area contributed by atoms with Gasteiger partial charge in [0.1, 0.15) is 0 Å². The minimum atomic E-state index is -0.636. The summed E-state index contributed by atoms with van der Waals surface area (Å²) in [6, 6.07) is 0.381. The molecule has 3 heteroatoms. The van der Waals surface area contributed by atoms with Gasteiger partial charge in [-0.15, -0.1) is 0 Å². The van der Waals surface area contributed by atoms with Crippen LogP contribution in [0.1, 0.15) is 52.9 Å². The van der Waals surface area contributed by atoms with Crippen molar-refractivity contribution in [3.05, 3.63) is 0 Å². The summed E-state index contributed by atoms with van der Waals surface area (Å²) >= 11 is 0. The Morgan fingerprint density at radius 2 is 1.93 bits per heavy atom. The highest BCUT2D eigenvalue weighted by atomic mass is 32.2. The Kier molecular flexibility index (Phi) is 5.83. The quantitative estimate of drug-likeness (QED) is 0.761. The monoisotopic (exact) mass is 231 g/mol. The zero-order chi connectivity index (χ0) is 11.3. The molecule has 1 aliphatic carbocycles. The molecule has 1 aliphatic rings. The SMILES string of the molecule is CCCNC(C)C(C)S(=O)C1CCCC1. The number of rotatable bonds is 6. The van der Waals surface area contributed by atoms with Crippen LogP contribution in [0.15, 0.2) is 0 Å². The molecule has 1 saturated carbocycles. The fourth-order valence-electron chi connectivity index (χ4n) is 2.16. The van der Waals surface area contributed by atoms with Gasteiger partial charge < -0.3 is 5.32 Å². The van der Waals surface area contributed by atoms with E-state index >= 15 is 0 Å². The first-order valence-corrected chi connectivity index (χ1v) is 7.57. The zero-order valence-corrected chi connectivity index (χ0v) is 11.1. The molecule has 0 amide bonds. The third-order valence-electron chi connectivity index (χ3n) is 3.42. The van der Waals surface area contributed by atoms with Gasteiger partial charge in [0.05, 0.1) is 0 Å². The first-order valence-electron chi connectivity index (χ1n) is 6.29. The predicted molar refractivity (Wildman–Crippen MR) is 67.6 cm³/mol. The summed E-state index contributed by atoms with van der Waals surface area (Å²) in [5.74, 6) is 0. The van der Waals surface area contributed by atoms with Gasteiger partial charge >= 0.3 is 0 Å². The summed E-state index contributed by atoms with van der Waals surface area (Å²) in [7, 11) is -0.636. The fourth-order valence-corrected chi connectivity index (χ4v) is 4.07. The number of hydrogen-bond donors (Lipinski definition) is 1. The molecular formula is C12H25NOS. The zero-order valence-electron chi connectivity index (χ0n) is 10.3. The van der Waals surface area contributed by atoms with Crippen LogP contribution in [0.25, 0.3) is 0 Å². The lowest BCUT2D eigenvalue weighted by Gasteiger charge is -2.23. The first kappa shape index (κ1) is 13.2. The molecule has 90 valence electrons. The molecule has 15 heavy (non-hydrogen) atoms. The van der Waals surface area contributed by atoms with Crippen LogP contribution >= 0.6 is 0 Å². The van der Waals surface area contributed by atoms with Gasteiger partial charge in [0.15, 0.2) is 0 Å². The molecule has 0 spiro atoms. The molecule has 3 unspecified atom stereocenters. The van der Waals surface area contributed by atoms with Gasteiger partial charge in [-0.05, 0) is 39.7 Å². The summed E-state index contributed by atoms with van der Waals surface area (Å²) in [4.78, 5) is 0. The van der Waals surface area contributed by atoms with Gasteiger partial charge in [0.25, 0.3) is 0 Å². The fraction of sp³-hybridized carbons (Fsp3) is 1.00. The molecule has 0 aromatic carbocycles. The lowest BCUT2D eigenvalue weighted by molar-refractivity contribution is 0.528. The first-order chi connectivity index (χ1) is 7.16. The van der Waals surface area contributed by atoms with Gasteiger partial charge in [0, 0.05) is 27.3 Å². The molecule has 1 rings (SSSR count). The standard InChI is InChI=1S/C12H25NOS/c1-4-9-13-10(2)11(3)15(14)12-7-5-6-8-12/h10-13H,4-9H2,1-3H3. The van der Waals surface area contributed by atoms with E-state index in [0.29, 0.717) is 16.5 Å². The minimum absolute atomic E-state index is 0.291. The van der Waals surface area contributed by atoms with E-state index in [1.54, 1.807) is 0 Å². The maximum atomic E-state index is 12.2. The topological polar surface area (TPSA) is 29.1 Å². The van der Waals surface area contributed by atoms with Gasteiger partial charge in [-0.1, -0.05) is 19.8 Å². The summed E-state index contributed by atoms with van der Waals surface area (Å²) in [5.41, 5.74) is 0. The molecule has 0 saturated heterocycles. The molecular weight excluding hydrogens is 206 g/mol. The molecule has 1 N–H and O–H groups in total. The normalized spacial score (nSPS) is 23.9. The Labute approximate surface area is 96.7 Å². The largest absolute Gasteiger partial charge is 0.313 e. The average molecular weight is 231 g/mol. The van der Waals surface area contributed by atoms with Crippen LogP contribution < -0.4 is 5.32 Å². The Morgan fingerprint density at radius 3 is 2.47 bits per heavy atom. The Bertz CT molecular complexity index is 202. The lowest BCUT2D eigenvalue weighted by Crippen LogP contribution is -2.40. The van der Waals surface area contributed by atoms with Crippen molar-refractivity contribution >= 4 is 10.8 Å².